The zero-order valence-corrected chi connectivity index (χ0v) is 20.0. The normalized spacial score (nSPS) is 16.7. The van der Waals surface area contributed by atoms with Crippen LogP contribution in [0.1, 0.15) is 47.5 Å². The molecule has 5 rings (SSSR count). The summed E-state index contributed by atoms with van der Waals surface area (Å²) in [5.41, 5.74) is 0.592. The number of amides is 1. The van der Waals surface area contributed by atoms with E-state index in [4.69, 9.17) is 21.3 Å². The van der Waals surface area contributed by atoms with E-state index in [0.717, 1.165) is 30.5 Å². The Morgan fingerprint density at radius 1 is 1.17 bits per heavy atom. The summed E-state index contributed by atoms with van der Waals surface area (Å²) in [6.07, 6.45) is -1.66. The molecule has 0 saturated heterocycles. The third kappa shape index (κ3) is 4.84. The lowest BCUT2D eigenvalue weighted by Crippen LogP contribution is -2.36. The number of carbonyl (C=O) groups excluding carboxylic acids is 1. The molecule has 1 saturated carbocycles. The summed E-state index contributed by atoms with van der Waals surface area (Å²) in [7, 11) is 0. The lowest BCUT2D eigenvalue weighted by Gasteiger charge is -2.21. The van der Waals surface area contributed by atoms with Gasteiger partial charge >= 0.3 is 6.18 Å². The quantitative estimate of drug-likeness (QED) is 0.523. The Kier molecular flexibility index (Phi) is 6.28. The lowest BCUT2D eigenvalue weighted by molar-refractivity contribution is -0.137. The highest BCUT2D eigenvalue weighted by Gasteiger charge is 2.48. The first kappa shape index (κ1) is 24.4. The average Bonchev–Trinajstić information content (AvgIpc) is 3.67. The number of aromatic nitrogens is 2. The summed E-state index contributed by atoms with van der Waals surface area (Å²) in [6, 6.07) is 11.9. The Hall–Kier alpha value is -3.33. The van der Waals surface area contributed by atoms with Crippen LogP contribution in [-0.2, 0) is 29.4 Å². The maximum atomic E-state index is 13.1. The molecule has 2 heterocycles. The molecule has 0 bridgehead atoms. The van der Waals surface area contributed by atoms with Crippen molar-refractivity contribution >= 4 is 17.5 Å². The van der Waals surface area contributed by atoms with Crippen molar-refractivity contribution in [1.82, 2.24) is 14.9 Å². The first-order valence-corrected chi connectivity index (χ1v) is 12.0. The number of nitrogens with zero attached hydrogens (tertiary/aromatic N) is 2. The second kappa shape index (κ2) is 9.28. The van der Waals surface area contributed by atoms with E-state index in [1.54, 1.807) is 6.07 Å². The number of hydrogen-bond donors (Lipinski definition) is 1. The molecule has 1 N–H and O–H groups in total. The zero-order chi connectivity index (χ0) is 25.5. The van der Waals surface area contributed by atoms with Gasteiger partial charge in [-0.2, -0.15) is 13.2 Å². The van der Waals surface area contributed by atoms with E-state index in [-0.39, 0.29) is 23.3 Å². The molecule has 2 aliphatic rings. The number of hydrogen-bond acceptors (Lipinski definition) is 4. The third-order valence-corrected chi connectivity index (χ3v) is 6.98. The topological polar surface area (TPSA) is 75.3 Å². The van der Waals surface area contributed by atoms with Gasteiger partial charge in [-0.05, 0) is 61.6 Å². The van der Waals surface area contributed by atoms with E-state index in [1.165, 1.54) is 17.0 Å². The minimum absolute atomic E-state index is 0.0479. The molecule has 1 aliphatic carbocycles. The largest absolute Gasteiger partial charge is 0.484 e. The van der Waals surface area contributed by atoms with Crippen LogP contribution in [0.3, 0.4) is 0 Å². The number of halogens is 4. The molecule has 0 atom stereocenters. The molecule has 1 fully saturated rings. The molecule has 0 spiro atoms. The van der Waals surface area contributed by atoms with E-state index in [9.17, 15) is 22.8 Å². The van der Waals surface area contributed by atoms with Gasteiger partial charge in [0.2, 0.25) is 0 Å². The predicted octanol–water partition coefficient (Wildman–Crippen LogP) is 4.88. The number of fused-ring (bicyclic) bond motifs is 1. The van der Waals surface area contributed by atoms with Crippen LogP contribution >= 0.6 is 11.6 Å². The number of alkyl halides is 3. The van der Waals surface area contributed by atoms with Crippen LogP contribution in [0, 0.1) is 0 Å². The molecule has 188 valence electrons. The fourth-order valence-electron chi connectivity index (χ4n) is 4.63. The molecule has 1 amide bonds. The van der Waals surface area contributed by atoms with Crippen molar-refractivity contribution in [1.29, 1.82) is 0 Å². The van der Waals surface area contributed by atoms with Gasteiger partial charge in [-0.15, -0.1) is 0 Å². The van der Waals surface area contributed by atoms with E-state index >= 15 is 0 Å². The highest BCUT2D eigenvalue weighted by Crippen LogP contribution is 2.52. The summed E-state index contributed by atoms with van der Waals surface area (Å²) in [6.45, 7) is 0.0141. The van der Waals surface area contributed by atoms with Crippen LogP contribution < -0.4 is 10.3 Å². The van der Waals surface area contributed by atoms with Gasteiger partial charge in [-0.25, -0.2) is 4.98 Å². The van der Waals surface area contributed by atoms with Gasteiger partial charge in [-0.1, -0.05) is 29.8 Å². The predicted molar refractivity (Wildman–Crippen MR) is 127 cm³/mol. The Morgan fingerprint density at radius 2 is 1.94 bits per heavy atom. The highest BCUT2D eigenvalue weighted by atomic mass is 35.5. The molecule has 1 aromatic heterocycles. The van der Waals surface area contributed by atoms with Gasteiger partial charge in [0.15, 0.2) is 6.61 Å². The minimum Gasteiger partial charge on any atom is -0.484 e. The van der Waals surface area contributed by atoms with Crippen LogP contribution in [0.5, 0.6) is 5.75 Å². The molecule has 36 heavy (non-hydrogen) atoms. The zero-order valence-electron chi connectivity index (χ0n) is 19.2. The Balaban J connectivity index is 1.32. The second-order valence-corrected chi connectivity index (χ2v) is 9.60. The fraction of sp³-hybridized carbons (Fsp3) is 0.346. The van der Waals surface area contributed by atoms with E-state index in [0.29, 0.717) is 41.5 Å². The van der Waals surface area contributed by atoms with Crippen molar-refractivity contribution in [3.8, 4) is 5.75 Å². The molecule has 10 heteroatoms. The number of ether oxygens (including phenoxy) is 1. The minimum atomic E-state index is -4.50. The van der Waals surface area contributed by atoms with Gasteiger partial charge in [0.05, 0.1) is 28.8 Å². The van der Waals surface area contributed by atoms with Crippen LogP contribution in [0.4, 0.5) is 13.2 Å². The Morgan fingerprint density at radius 3 is 2.67 bits per heavy atom. The first-order chi connectivity index (χ1) is 17.2. The molecule has 2 aromatic carbocycles. The van der Waals surface area contributed by atoms with E-state index in [1.807, 2.05) is 18.2 Å². The highest BCUT2D eigenvalue weighted by molar-refractivity contribution is 6.30. The van der Waals surface area contributed by atoms with E-state index < -0.39 is 24.3 Å². The Labute approximate surface area is 210 Å². The lowest BCUT2D eigenvalue weighted by atomic mass is 9.94. The number of aryl methyl sites for hydroxylation is 1. The van der Waals surface area contributed by atoms with Crippen molar-refractivity contribution in [3.63, 3.8) is 0 Å². The summed E-state index contributed by atoms with van der Waals surface area (Å²) in [5.74, 6) is 0.149. The maximum absolute atomic E-state index is 13.1. The van der Waals surface area contributed by atoms with Gasteiger partial charge in [0, 0.05) is 11.6 Å². The molecule has 1 aliphatic heterocycles. The summed E-state index contributed by atoms with van der Waals surface area (Å²) in [4.78, 5) is 35.1. The number of nitrogens with one attached hydrogen (secondary N) is 1. The maximum Gasteiger partial charge on any atom is 0.416 e. The molecular formula is C26H23ClF3N3O3. The van der Waals surface area contributed by atoms with Crippen LogP contribution in [0.25, 0.3) is 0 Å². The van der Waals surface area contributed by atoms with Gasteiger partial charge < -0.3 is 14.6 Å². The fourth-order valence-corrected chi connectivity index (χ4v) is 4.82. The van der Waals surface area contributed by atoms with Gasteiger partial charge in [0.1, 0.15) is 11.6 Å². The van der Waals surface area contributed by atoms with Crippen LogP contribution in [0.2, 0.25) is 5.02 Å². The SMILES string of the molecule is O=C(COc1cccc(C(F)(F)F)c1)N1CCCc2nc(C3(c4cccc(Cl)c4)CC3)[nH]c(=O)c2C1. The van der Waals surface area contributed by atoms with E-state index in [2.05, 4.69) is 4.98 Å². The summed E-state index contributed by atoms with van der Waals surface area (Å²) >= 11 is 6.18. The first-order valence-electron chi connectivity index (χ1n) is 11.6. The third-order valence-electron chi connectivity index (χ3n) is 6.75. The summed E-state index contributed by atoms with van der Waals surface area (Å²) in [5, 5.41) is 0.623. The number of rotatable bonds is 5. The number of aromatic amines is 1. The van der Waals surface area contributed by atoms with Gasteiger partial charge in [-0.3, -0.25) is 9.59 Å². The second-order valence-electron chi connectivity index (χ2n) is 9.17. The van der Waals surface area contributed by atoms with Crippen molar-refractivity contribution in [2.75, 3.05) is 13.2 Å². The van der Waals surface area contributed by atoms with Crippen molar-refractivity contribution in [2.24, 2.45) is 0 Å². The molecule has 0 unspecified atom stereocenters. The standard InChI is InChI=1S/C26H23ClF3N3O3/c27-18-6-1-4-16(12-18)25(9-10-25)24-31-21-8-3-11-33(14-20(21)23(35)32-24)22(34)15-36-19-7-2-5-17(13-19)26(28,29)30/h1-2,4-7,12-13H,3,8-11,14-15H2,(H,31,32,35). The number of benzene rings is 2. The number of carbonyl (C=O) groups is 1. The van der Waals surface area contributed by atoms with Crippen molar-refractivity contribution < 1.29 is 22.7 Å². The van der Waals surface area contributed by atoms with Gasteiger partial charge in [0.25, 0.3) is 11.5 Å². The average molecular weight is 518 g/mol. The summed E-state index contributed by atoms with van der Waals surface area (Å²) < 4.78 is 44.1. The molecule has 0 radical (unpaired) electrons. The monoisotopic (exact) mass is 517 g/mol. The van der Waals surface area contributed by atoms with Crippen molar-refractivity contribution in [2.45, 2.75) is 43.8 Å². The molecule has 6 nitrogen and oxygen atoms in total. The molecular weight excluding hydrogens is 495 g/mol. The van der Waals surface area contributed by atoms with Crippen LogP contribution in [0.15, 0.2) is 53.3 Å². The Bertz CT molecular complexity index is 1370. The van der Waals surface area contributed by atoms with Crippen molar-refractivity contribution in [3.05, 3.63) is 92.1 Å². The number of H-pyrrole nitrogens is 1. The van der Waals surface area contributed by atoms with Crippen LogP contribution in [-0.4, -0.2) is 33.9 Å². The molecule has 3 aromatic rings. The smallest absolute Gasteiger partial charge is 0.416 e.